The van der Waals surface area contributed by atoms with Gasteiger partial charge in [-0.25, -0.2) is 4.79 Å². The van der Waals surface area contributed by atoms with E-state index in [9.17, 15) is 53.1 Å². The van der Waals surface area contributed by atoms with E-state index >= 15 is 0 Å². The zero-order chi connectivity index (χ0) is 62.8. The van der Waals surface area contributed by atoms with Crippen molar-refractivity contribution in [1.29, 1.82) is 0 Å². The third kappa shape index (κ3) is 32.2. The first-order chi connectivity index (χ1) is 37.3. The number of rotatable bonds is 39. The van der Waals surface area contributed by atoms with Gasteiger partial charge in [-0.1, -0.05) is 138 Å². The normalized spacial score (nSPS) is 15.6. The molecule has 0 aliphatic rings. The summed E-state index contributed by atoms with van der Waals surface area (Å²) in [6, 6.07) is -11.0. The summed E-state index contributed by atoms with van der Waals surface area (Å²) >= 11 is 0. The van der Waals surface area contributed by atoms with Crippen molar-refractivity contribution in [3.8, 4) is 0 Å². The Bertz CT molecular complexity index is 2010. The lowest BCUT2D eigenvalue weighted by atomic mass is 9.97. The summed E-state index contributed by atoms with van der Waals surface area (Å²) in [6.45, 7) is 37.6. The maximum absolute atomic E-state index is 14.4. The Morgan fingerprint density at radius 1 is 0.235 bits per heavy atom. The van der Waals surface area contributed by atoms with Crippen LogP contribution in [0.3, 0.4) is 0 Å². The van der Waals surface area contributed by atoms with Crippen LogP contribution in [0.15, 0.2) is 0 Å². The van der Waals surface area contributed by atoms with Gasteiger partial charge in [-0.2, -0.15) is 0 Å². The lowest BCUT2D eigenvalue weighted by molar-refractivity contribution is -0.143. The fraction of sp³-hybridized carbons (Fsp3) is 0.833. The number of carbonyl (C=O) groups excluding carboxylic acids is 9. The third-order valence-electron chi connectivity index (χ3n) is 13.1. The smallest absolute Gasteiger partial charge is 0.326 e. The molecule has 10 atom stereocenters. The Labute approximate surface area is 486 Å². The monoisotopic (exact) mass is 1150 g/mol. The van der Waals surface area contributed by atoms with Gasteiger partial charge in [0, 0.05) is 0 Å². The molecule has 0 aliphatic heterocycles. The molecular weight excluding hydrogens is 1040 g/mol. The summed E-state index contributed by atoms with van der Waals surface area (Å²) in [5.74, 6) is -7.44. The van der Waals surface area contributed by atoms with Gasteiger partial charge in [-0.3, -0.25) is 43.2 Å². The average molecular weight is 1150 g/mol. The van der Waals surface area contributed by atoms with Crippen molar-refractivity contribution >= 4 is 59.1 Å². The predicted octanol–water partition coefficient (Wildman–Crippen LogP) is 5.22. The van der Waals surface area contributed by atoms with Crippen LogP contribution in [0.25, 0.3) is 0 Å². The van der Waals surface area contributed by atoms with Crippen LogP contribution in [0.4, 0.5) is 0 Å². The van der Waals surface area contributed by atoms with E-state index in [1.807, 2.05) is 138 Å². The number of nitrogens with two attached hydrogens (primary N) is 1. The van der Waals surface area contributed by atoms with Crippen LogP contribution in [0, 0.1) is 59.2 Å². The minimum Gasteiger partial charge on any atom is -0.480 e. The van der Waals surface area contributed by atoms with Crippen LogP contribution in [0.2, 0.25) is 0 Å². The standard InChI is InChI=1S/C60H112N10O11/c1-31(2)21-41(61)51(71)62-42(22-32(3)4)52(72)63-43(23-33(5)6)53(73)64-44(24-34(7)8)54(74)65-45(25-35(9)10)55(75)66-46(26-36(11)12)56(76)67-47(27-37(13)14)57(77)68-48(28-38(15)16)58(78)69-49(29-39(17)18)59(79)70-50(60(80)81)30-40(19)20/h31-50H,21-30,61H2,1-20H3,(H,62,71)(H,63,72)(H,64,73)(H,65,74)(H,66,75)(H,67,76)(H,68,77)(H,69,78)(H,70,79)(H,80,81)/t41-,42-,43-,44-,45-,46-,47-,48-,49-,50-/m0/s1. The van der Waals surface area contributed by atoms with E-state index < -0.39 is 120 Å². The van der Waals surface area contributed by atoms with Gasteiger partial charge in [0.2, 0.25) is 53.2 Å². The molecule has 0 aromatic rings. The van der Waals surface area contributed by atoms with Crippen LogP contribution in [0.5, 0.6) is 0 Å². The highest BCUT2D eigenvalue weighted by atomic mass is 16.4. The highest BCUT2D eigenvalue weighted by Crippen LogP contribution is 2.17. The van der Waals surface area contributed by atoms with E-state index in [-0.39, 0.29) is 117 Å². The number of hydrogen-bond acceptors (Lipinski definition) is 11. The molecule has 0 aromatic heterocycles. The van der Waals surface area contributed by atoms with E-state index in [1.165, 1.54) is 0 Å². The maximum Gasteiger partial charge on any atom is 0.326 e. The second-order valence-corrected chi connectivity index (χ2v) is 26.8. The highest BCUT2D eigenvalue weighted by molar-refractivity contribution is 5.98. The van der Waals surface area contributed by atoms with Gasteiger partial charge >= 0.3 is 5.97 Å². The summed E-state index contributed by atoms with van der Waals surface area (Å²) in [5.41, 5.74) is 6.16. The third-order valence-corrected chi connectivity index (χ3v) is 13.1. The summed E-state index contributed by atoms with van der Waals surface area (Å²) in [7, 11) is 0. The number of carboxylic acids is 1. The zero-order valence-corrected chi connectivity index (χ0v) is 53.2. The van der Waals surface area contributed by atoms with Crippen LogP contribution >= 0.6 is 0 Å². The average Bonchev–Trinajstić information content (AvgIpc) is 3.30. The molecule has 21 heteroatoms. The number of carbonyl (C=O) groups is 10. The van der Waals surface area contributed by atoms with Crippen LogP contribution in [0.1, 0.15) is 203 Å². The molecule has 0 radical (unpaired) electrons. The van der Waals surface area contributed by atoms with Crippen molar-refractivity contribution in [2.75, 3.05) is 0 Å². The van der Waals surface area contributed by atoms with Crippen LogP contribution in [-0.2, 0) is 47.9 Å². The van der Waals surface area contributed by atoms with Gasteiger partial charge in [0.05, 0.1) is 6.04 Å². The number of amides is 9. The first-order valence-corrected chi connectivity index (χ1v) is 30.0. The largest absolute Gasteiger partial charge is 0.480 e. The summed E-state index contributed by atoms with van der Waals surface area (Å²) in [5, 5.41) is 35.0. The molecule has 0 heterocycles. The molecule has 21 nitrogen and oxygen atoms in total. The fourth-order valence-corrected chi connectivity index (χ4v) is 9.39. The molecule has 468 valence electrons. The van der Waals surface area contributed by atoms with Crippen molar-refractivity contribution < 1.29 is 53.1 Å². The summed E-state index contributed by atoms with van der Waals surface area (Å²) < 4.78 is 0. The SMILES string of the molecule is CC(C)C[C@H](NC(=O)[C@H](CC(C)C)NC(=O)[C@H](CC(C)C)NC(=O)[C@H](CC(C)C)NC(=O)[C@H](CC(C)C)NC(=O)[C@H](CC(C)C)NC(=O)[C@H](CC(C)C)NC(=O)[C@H](CC(C)C)NC(=O)[C@H](CC(C)C)NC(=O)[C@@H](N)CC(C)C)C(=O)O. The number of nitrogens with one attached hydrogen (secondary N) is 9. The topological polar surface area (TPSA) is 325 Å². The molecule has 0 spiro atoms. The second kappa shape index (κ2) is 37.7. The minimum absolute atomic E-state index is 0.00369. The molecule has 0 unspecified atom stereocenters. The lowest BCUT2D eigenvalue weighted by Gasteiger charge is -2.30. The van der Waals surface area contributed by atoms with Gasteiger partial charge < -0.3 is 58.7 Å². The second-order valence-electron chi connectivity index (χ2n) is 26.8. The summed E-state index contributed by atoms with van der Waals surface area (Å²) in [6.07, 6.45) is 2.08. The number of aliphatic carboxylic acids is 1. The molecule has 0 saturated carbocycles. The molecule has 0 saturated heterocycles. The van der Waals surface area contributed by atoms with Crippen LogP contribution in [-0.4, -0.2) is 125 Å². The molecule has 0 aromatic carbocycles. The van der Waals surface area contributed by atoms with Crippen molar-refractivity contribution in [2.45, 2.75) is 263 Å². The Morgan fingerprint density at radius 3 is 0.494 bits per heavy atom. The first-order valence-electron chi connectivity index (χ1n) is 30.0. The molecular formula is C60H112N10O11. The minimum atomic E-state index is -1.20. The molecule has 12 N–H and O–H groups in total. The Balaban J connectivity index is 6.82. The number of hydrogen-bond donors (Lipinski definition) is 11. The maximum atomic E-state index is 14.4. The van der Waals surface area contributed by atoms with Crippen molar-refractivity contribution in [2.24, 2.45) is 64.9 Å². The molecule has 0 rings (SSSR count). The molecule has 9 amide bonds. The van der Waals surface area contributed by atoms with Crippen molar-refractivity contribution in [3.63, 3.8) is 0 Å². The van der Waals surface area contributed by atoms with E-state index in [2.05, 4.69) is 47.9 Å². The Kier molecular flexibility index (Phi) is 35.2. The Morgan fingerprint density at radius 2 is 0.358 bits per heavy atom. The fourth-order valence-electron chi connectivity index (χ4n) is 9.39. The summed E-state index contributed by atoms with van der Waals surface area (Å²) in [4.78, 5) is 138. The van der Waals surface area contributed by atoms with Gasteiger partial charge in [0.15, 0.2) is 0 Å². The van der Waals surface area contributed by atoms with E-state index in [4.69, 9.17) is 5.73 Å². The first kappa shape index (κ1) is 75.7. The highest BCUT2D eigenvalue weighted by Gasteiger charge is 2.37. The molecule has 0 aliphatic carbocycles. The number of carboxylic acid groups (broad SMARTS) is 1. The molecule has 0 fully saturated rings. The lowest BCUT2D eigenvalue weighted by Crippen LogP contribution is -2.61. The predicted molar refractivity (Wildman–Crippen MR) is 318 cm³/mol. The van der Waals surface area contributed by atoms with E-state index in [0.717, 1.165) is 0 Å². The quantitative estimate of drug-likeness (QED) is 0.0378. The van der Waals surface area contributed by atoms with E-state index in [1.54, 1.807) is 0 Å². The van der Waals surface area contributed by atoms with Gasteiger partial charge in [0.1, 0.15) is 54.4 Å². The van der Waals surface area contributed by atoms with Gasteiger partial charge in [-0.15, -0.1) is 0 Å². The van der Waals surface area contributed by atoms with Crippen molar-refractivity contribution in [1.82, 2.24) is 47.9 Å². The Hall–Kier alpha value is -5.34. The van der Waals surface area contributed by atoms with Crippen molar-refractivity contribution in [3.05, 3.63) is 0 Å². The van der Waals surface area contributed by atoms with Gasteiger partial charge in [0.25, 0.3) is 0 Å². The molecule has 0 bridgehead atoms. The van der Waals surface area contributed by atoms with E-state index in [0.29, 0.717) is 6.42 Å². The zero-order valence-electron chi connectivity index (χ0n) is 53.2. The van der Waals surface area contributed by atoms with Gasteiger partial charge in [-0.05, 0) is 123 Å². The van der Waals surface area contributed by atoms with Crippen LogP contribution < -0.4 is 53.6 Å². The molecule has 81 heavy (non-hydrogen) atoms.